The monoisotopic (exact) mass is 259 g/mol. The molecule has 1 aliphatic carbocycles. The molecule has 102 valence electrons. The summed E-state index contributed by atoms with van der Waals surface area (Å²) in [4.78, 5) is 0. The van der Waals surface area contributed by atoms with E-state index in [1.807, 2.05) is 19.3 Å². The molecule has 1 saturated carbocycles. The highest BCUT2D eigenvalue weighted by Crippen LogP contribution is 2.29. The van der Waals surface area contributed by atoms with Crippen LogP contribution >= 0.6 is 0 Å². The van der Waals surface area contributed by atoms with E-state index in [1.54, 1.807) is 0 Å². The Morgan fingerprint density at radius 3 is 3.11 bits per heavy atom. The van der Waals surface area contributed by atoms with E-state index in [-0.39, 0.29) is 0 Å². The molecule has 4 heteroatoms. The lowest BCUT2D eigenvalue weighted by Gasteiger charge is -2.29. The summed E-state index contributed by atoms with van der Waals surface area (Å²) in [7, 11) is 2.04. The predicted octanol–water partition coefficient (Wildman–Crippen LogP) is 2.78. The number of nitrogens with one attached hydrogen (secondary N) is 2. The van der Waals surface area contributed by atoms with Gasteiger partial charge in [0.25, 0.3) is 0 Å². The van der Waals surface area contributed by atoms with Crippen molar-refractivity contribution in [2.75, 3.05) is 7.05 Å². The van der Waals surface area contributed by atoms with Crippen molar-refractivity contribution in [1.29, 1.82) is 0 Å². The molecule has 4 nitrogen and oxygen atoms in total. The van der Waals surface area contributed by atoms with Crippen molar-refractivity contribution in [3.63, 3.8) is 0 Å². The molecule has 2 unspecified atom stereocenters. The Balaban J connectivity index is 1.79. The smallest absolute Gasteiger partial charge is 0.123 e. The first-order valence-electron chi connectivity index (χ1n) is 7.04. The number of H-pyrrole nitrogens is 1. The van der Waals surface area contributed by atoms with E-state index in [4.69, 9.17) is 4.74 Å². The second-order valence-corrected chi connectivity index (χ2v) is 5.41. The van der Waals surface area contributed by atoms with Gasteiger partial charge in [-0.3, -0.25) is 5.10 Å². The number of aromatic amines is 1. The Kier molecular flexibility index (Phi) is 3.42. The Bertz CT molecular complexity index is 564. The van der Waals surface area contributed by atoms with Crippen LogP contribution < -0.4 is 10.1 Å². The van der Waals surface area contributed by atoms with Crippen LogP contribution in [0.2, 0.25) is 0 Å². The highest BCUT2D eigenvalue weighted by Gasteiger charge is 2.22. The van der Waals surface area contributed by atoms with Gasteiger partial charge in [0, 0.05) is 17.0 Å². The molecule has 0 amide bonds. The van der Waals surface area contributed by atoms with E-state index in [0.717, 1.165) is 29.5 Å². The molecule has 19 heavy (non-hydrogen) atoms. The first-order chi connectivity index (χ1) is 9.28. The first kappa shape index (κ1) is 12.5. The molecule has 0 bridgehead atoms. The van der Waals surface area contributed by atoms with Gasteiger partial charge in [-0.25, -0.2) is 0 Å². The van der Waals surface area contributed by atoms with Gasteiger partial charge in [0.2, 0.25) is 0 Å². The summed E-state index contributed by atoms with van der Waals surface area (Å²) in [5, 5.41) is 11.6. The molecule has 2 aromatic rings. The second-order valence-electron chi connectivity index (χ2n) is 5.41. The molecule has 0 aliphatic heterocycles. The Morgan fingerprint density at radius 2 is 2.26 bits per heavy atom. The van der Waals surface area contributed by atoms with Gasteiger partial charge in [0.1, 0.15) is 11.9 Å². The zero-order valence-electron chi connectivity index (χ0n) is 11.6. The maximum Gasteiger partial charge on any atom is 0.123 e. The maximum atomic E-state index is 6.21. The van der Waals surface area contributed by atoms with Crippen LogP contribution in [0.1, 0.15) is 31.2 Å². The van der Waals surface area contributed by atoms with Crippen molar-refractivity contribution >= 4 is 10.9 Å². The van der Waals surface area contributed by atoms with E-state index in [0.29, 0.717) is 12.1 Å². The summed E-state index contributed by atoms with van der Waals surface area (Å²) >= 11 is 0. The number of ether oxygens (including phenoxy) is 1. The van der Waals surface area contributed by atoms with Gasteiger partial charge in [-0.1, -0.05) is 0 Å². The van der Waals surface area contributed by atoms with Crippen LogP contribution in [0, 0.1) is 6.92 Å². The Labute approximate surface area is 113 Å². The number of hydrogen-bond acceptors (Lipinski definition) is 3. The Hall–Kier alpha value is -1.55. The van der Waals surface area contributed by atoms with Crippen LogP contribution in [0.4, 0.5) is 0 Å². The summed E-state index contributed by atoms with van der Waals surface area (Å²) in [6.07, 6.45) is 6.95. The van der Waals surface area contributed by atoms with E-state index < -0.39 is 0 Å². The minimum Gasteiger partial charge on any atom is -0.490 e. The van der Waals surface area contributed by atoms with Crippen LogP contribution in [0.5, 0.6) is 5.75 Å². The lowest BCUT2D eigenvalue weighted by atomic mass is 9.93. The van der Waals surface area contributed by atoms with Gasteiger partial charge in [-0.2, -0.15) is 5.10 Å². The average Bonchev–Trinajstić information content (AvgIpc) is 2.91. The number of fused-ring (bicyclic) bond motifs is 1. The van der Waals surface area contributed by atoms with Gasteiger partial charge >= 0.3 is 0 Å². The molecule has 1 aromatic carbocycles. The molecular formula is C15H21N3O. The molecule has 0 radical (unpaired) electrons. The minimum atomic E-state index is 0.328. The van der Waals surface area contributed by atoms with Crippen molar-refractivity contribution < 1.29 is 4.74 Å². The van der Waals surface area contributed by atoms with Crippen molar-refractivity contribution in [2.45, 2.75) is 44.8 Å². The number of nitrogens with zero attached hydrogens (tertiary/aromatic N) is 1. The molecule has 0 spiro atoms. The fraction of sp³-hybridized carbons (Fsp3) is 0.533. The highest BCUT2D eigenvalue weighted by molar-refractivity contribution is 5.83. The van der Waals surface area contributed by atoms with Gasteiger partial charge in [0.15, 0.2) is 0 Å². The third-order valence-corrected chi connectivity index (χ3v) is 4.17. The lowest BCUT2D eigenvalue weighted by molar-refractivity contribution is 0.136. The van der Waals surface area contributed by atoms with Crippen LogP contribution in [0.15, 0.2) is 18.3 Å². The van der Waals surface area contributed by atoms with Gasteiger partial charge in [-0.05, 0) is 51.8 Å². The number of rotatable bonds is 3. The highest BCUT2D eigenvalue weighted by atomic mass is 16.5. The quantitative estimate of drug-likeness (QED) is 0.891. The van der Waals surface area contributed by atoms with Crippen molar-refractivity contribution in [1.82, 2.24) is 15.5 Å². The van der Waals surface area contributed by atoms with Crippen molar-refractivity contribution in [3.8, 4) is 5.75 Å². The van der Waals surface area contributed by atoms with Crippen molar-refractivity contribution in [3.05, 3.63) is 23.9 Å². The summed E-state index contributed by atoms with van der Waals surface area (Å²) in [5.41, 5.74) is 2.25. The lowest BCUT2D eigenvalue weighted by Crippen LogP contribution is -2.36. The SMILES string of the molecule is CNC1CCCC(Oc2ccc3[nH]ncc3c2C)C1. The largest absolute Gasteiger partial charge is 0.490 e. The van der Waals surface area contributed by atoms with Crippen LogP contribution in [-0.4, -0.2) is 29.4 Å². The molecule has 1 fully saturated rings. The predicted molar refractivity (Wildman–Crippen MR) is 76.6 cm³/mol. The third kappa shape index (κ3) is 2.45. The van der Waals surface area contributed by atoms with Crippen LogP contribution in [0.3, 0.4) is 0 Å². The average molecular weight is 259 g/mol. The fourth-order valence-electron chi connectivity index (χ4n) is 2.96. The van der Waals surface area contributed by atoms with Crippen LogP contribution in [0.25, 0.3) is 10.9 Å². The molecule has 1 aliphatic rings. The first-order valence-corrected chi connectivity index (χ1v) is 7.04. The topological polar surface area (TPSA) is 49.9 Å². The molecule has 0 saturated heterocycles. The standard InChI is InChI=1S/C15H21N3O/c1-10-13-9-17-18-14(13)6-7-15(10)19-12-5-3-4-11(8-12)16-2/h6-7,9,11-12,16H,3-5,8H2,1-2H3,(H,17,18). The number of aromatic nitrogens is 2. The van der Waals surface area contributed by atoms with Gasteiger partial charge in [0.05, 0.1) is 11.7 Å². The van der Waals surface area contributed by atoms with E-state index in [2.05, 4.69) is 28.5 Å². The Morgan fingerprint density at radius 1 is 1.37 bits per heavy atom. The minimum absolute atomic E-state index is 0.328. The molecule has 2 N–H and O–H groups in total. The maximum absolute atomic E-state index is 6.21. The molecule has 1 heterocycles. The summed E-state index contributed by atoms with van der Waals surface area (Å²) in [6.45, 7) is 2.10. The van der Waals surface area contributed by atoms with E-state index in [9.17, 15) is 0 Å². The molecular weight excluding hydrogens is 238 g/mol. The van der Waals surface area contributed by atoms with Gasteiger partial charge in [-0.15, -0.1) is 0 Å². The summed E-state index contributed by atoms with van der Waals surface area (Å²) in [6, 6.07) is 4.69. The number of benzene rings is 1. The summed E-state index contributed by atoms with van der Waals surface area (Å²) < 4.78 is 6.21. The summed E-state index contributed by atoms with van der Waals surface area (Å²) in [5.74, 6) is 0.996. The van der Waals surface area contributed by atoms with E-state index in [1.165, 1.54) is 18.4 Å². The zero-order chi connectivity index (χ0) is 13.2. The fourth-order valence-corrected chi connectivity index (χ4v) is 2.96. The normalized spacial score (nSPS) is 23.7. The molecule has 3 rings (SSSR count). The van der Waals surface area contributed by atoms with Crippen LogP contribution in [-0.2, 0) is 0 Å². The number of aryl methyl sites for hydroxylation is 1. The van der Waals surface area contributed by atoms with Gasteiger partial charge < -0.3 is 10.1 Å². The molecule has 1 aromatic heterocycles. The molecule has 2 atom stereocenters. The second kappa shape index (κ2) is 5.21. The van der Waals surface area contributed by atoms with E-state index >= 15 is 0 Å². The van der Waals surface area contributed by atoms with Crippen molar-refractivity contribution in [2.24, 2.45) is 0 Å². The number of hydrogen-bond donors (Lipinski definition) is 2. The third-order valence-electron chi connectivity index (χ3n) is 4.17. The zero-order valence-corrected chi connectivity index (χ0v) is 11.6.